The van der Waals surface area contributed by atoms with E-state index in [0.717, 1.165) is 11.3 Å². The molecule has 1 aliphatic rings. The summed E-state index contributed by atoms with van der Waals surface area (Å²) < 4.78 is 22.8. The van der Waals surface area contributed by atoms with Crippen molar-refractivity contribution in [2.24, 2.45) is 0 Å². The summed E-state index contributed by atoms with van der Waals surface area (Å²) in [6, 6.07) is 10.8. The quantitative estimate of drug-likeness (QED) is 0.539. The van der Waals surface area contributed by atoms with Crippen molar-refractivity contribution in [2.75, 3.05) is 32.1 Å². The number of thioether (sulfide) groups is 1. The Balaban J connectivity index is 1.37. The van der Waals surface area contributed by atoms with Crippen LogP contribution in [0.2, 0.25) is 0 Å². The van der Waals surface area contributed by atoms with E-state index < -0.39 is 0 Å². The van der Waals surface area contributed by atoms with Gasteiger partial charge in [-0.1, -0.05) is 17.8 Å². The van der Waals surface area contributed by atoms with Crippen LogP contribution in [0.25, 0.3) is 0 Å². The third-order valence-electron chi connectivity index (χ3n) is 4.28. The molecule has 0 atom stereocenters. The molecule has 10 nitrogen and oxygen atoms in total. The Morgan fingerprint density at radius 1 is 1.17 bits per heavy atom. The lowest BCUT2D eigenvalue weighted by atomic mass is 10.2. The van der Waals surface area contributed by atoms with Crippen molar-refractivity contribution < 1.29 is 23.7 Å². The number of fused-ring (bicyclic) bond motifs is 1. The molecule has 3 aromatic rings. The smallest absolute Gasteiger partial charge is 0.234 e. The van der Waals surface area contributed by atoms with E-state index >= 15 is 0 Å². The lowest BCUT2D eigenvalue weighted by Crippen LogP contribution is -2.15. The molecule has 0 saturated carbocycles. The molecular weight excluding hydrogens is 410 g/mol. The van der Waals surface area contributed by atoms with Crippen LogP contribution in [-0.2, 0) is 11.3 Å². The predicted molar refractivity (Wildman–Crippen MR) is 108 cm³/mol. The topological polar surface area (TPSA) is 110 Å². The zero-order valence-corrected chi connectivity index (χ0v) is 17.1. The van der Waals surface area contributed by atoms with Gasteiger partial charge in [-0.3, -0.25) is 4.79 Å². The Morgan fingerprint density at radius 3 is 2.87 bits per heavy atom. The van der Waals surface area contributed by atoms with Crippen LogP contribution in [-0.4, -0.2) is 52.9 Å². The van der Waals surface area contributed by atoms with E-state index in [4.69, 9.17) is 18.9 Å². The third-order valence-corrected chi connectivity index (χ3v) is 5.24. The Bertz CT molecular complexity index is 1060. The van der Waals surface area contributed by atoms with Crippen molar-refractivity contribution in [3.05, 3.63) is 42.0 Å². The van der Waals surface area contributed by atoms with Crippen molar-refractivity contribution in [1.82, 2.24) is 20.2 Å². The van der Waals surface area contributed by atoms with Crippen LogP contribution in [0, 0.1) is 0 Å². The predicted octanol–water partition coefficient (Wildman–Crippen LogP) is 2.20. The highest BCUT2D eigenvalue weighted by Crippen LogP contribution is 2.33. The summed E-state index contributed by atoms with van der Waals surface area (Å²) >= 11 is 1.24. The molecule has 0 bridgehead atoms. The molecule has 0 aliphatic carbocycles. The highest BCUT2D eigenvalue weighted by molar-refractivity contribution is 7.99. The first-order valence-electron chi connectivity index (χ1n) is 8.95. The maximum atomic E-state index is 12.4. The fourth-order valence-electron chi connectivity index (χ4n) is 2.83. The Labute approximate surface area is 176 Å². The highest BCUT2D eigenvalue weighted by Gasteiger charge is 2.16. The van der Waals surface area contributed by atoms with Gasteiger partial charge in [0, 0.05) is 6.07 Å². The molecule has 1 aliphatic heterocycles. The third kappa shape index (κ3) is 4.40. The standard InChI is InChI=1S/C19H19N5O5S/c1-26-13-4-5-14(16(8-13)27-2)20-18(25)10-30-19-21-22-23-24(19)9-12-3-6-15-17(7-12)29-11-28-15/h3-8H,9-11H2,1-2H3,(H,20,25). The number of methoxy groups -OCH3 is 2. The van der Waals surface area contributed by atoms with Crippen molar-refractivity contribution in [2.45, 2.75) is 11.7 Å². The van der Waals surface area contributed by atoms with Crippen LogP contribution < -0.4 is 24.3 Å². The molecule has 11 heteroatoms. The van der Waals surface area contributed by atoms with Crippen LogP contribution in [0.4, 0.5) is 5.69 Å². The number of aromatic nitrogens is 4. The Hall–Kier alpha value is -3.47. The normalized spacial score (nSPS) is 11.9. The summed E-state index contributed by atoms with van der Waals surface area (Å²) in [5, 5.41) is 15.1. The molecule has 2 aromatic carbocycles. The number of carbonyl (C=O) groups excluding carboxylic acids is 1. The number of rotatable bonds is 8. The maximum Gasteiger partial charge on any atom is 0.234 e. The van der Waals surface area contributed by atoms with Crippen molar-refractivity contribution >= 4 is 23.4 Å². The molecule has 1 amide bonds. The molecule has 0 fully saturated rings. The maximum absolute atomic E-state index is 12.4. The summed E-state index contributed by atoms with van der Waals surface area (Å²) in [6.07, 6.45) is 0. The van der Waals surface area contributed by atoms with Gasteiger partial charge < -0.3 is 24.3 Å². The van der Waals surface area contributed by atoms with Gasteiger partial charge in [0.15, 0.2) is 11.5 Å². The van der Waals surface area contributed by atoms with Gasteiger partial charge in [0.25, 0.3) is 0 Å². The molecule has 2 heterocycles. The molecular formula is C19H19N5O5S. The molecule has 0 saturated heterocycles. The average molecular weight is 429 g/mol. The Morgan fingerprint density at radius 2 is 2.03 bits per heavy atom. The van der Waals surface area contributed by atoms with Crippen molar-refractivity contribution in [1.29, 1.82) is 0 Å². The fraction of sp³-hybridized carbons (Fsp3) is 0.263. The molecule has 0 spiro atoms. The average Bonchev–Trinajstić information content (AvgIpc) is 3.41. The van der Waals surface area contributed by atoms with Crippen LogP contribution in [0.15, 0.2) is 41.6 Å². The van der Waals surface area contributed by atoms with Gasteiger partial charge in [-0.2, -0.15) is 0 Å². The number of hydrogen-bond donors (Lipinski definition) is 1. The number of carbonyl (C=O) groups is 1. The number of nitrogens with zero attached hydrogens (tertiary/aromatic N) is 4. The molecule has 0 unspecified atom stereocenters. The minimum Gasteiger partial charge on any atom is -0.497 e. The lowest BCUT2D eigenvalue weighted by molar-refractivity contribution is -0.113. The zero-order valence-electron chi connectivity index (χ0n) is 16.3. The van der Waals surface area contributed by atoms with E-state index in [0.29, 0.717) is 34.6 Å². The van der Waals surface area contributed by atoms with Gasteiger partial charge in [-0.05, 0) is 40.3 Å². The van der Waals surface area contributed by atoms with Gasteiger partial charge in [-0.15, -0.1) is 5.10 Å². The van der Waals surface area contributed by atoms with Crippen LogP contribution >= 0.6 is 11.8 Å². The lowest BCUT2D eigenvalue weighted by Gasteiger charge is -2.11. The number of anilines is 1. The second kappa shape index (κ2) is 8.91. The van der Waals surface area contributed by atoms with E-state index in [1.165, 1.54) is 18.9 Å². The van der Waals surface area contributed by atoms with Crippen molar-refractivity contribution in [3.8, 4) is 23.0 Å². The van der Waals surface area contributed by atoms with E-state index in [2.05, 4.69) is 20.8 Å². The summed E-state index contributed by atoms with van der Waals surface area (Å²) in [5.41, 5.74) is 1.52. The zero-order chi connectivity index (χ0) is 20.9. The second-order valence-corrected chi connectivity index (χ2v) is 7.15. The van der Waals surface area contributed by atoms with Crippen LogP contribution in [0.1, 0.15) is 5.56 Å². The van der Waals surface area contributed by atoms with Crippen molar-refractivity contribution in [3.63, 3.8) is 0 Å². The first-order valence-corrected chi connectivity index (χ1v) is 9.94. The largest absolute Gasteiger partial charge is 0.497 e. The minimum atomic E-state index is -0.207. The number of tetrazole rings is 1. The first kappa shape index (κ1) is 19.8. The monoisotopic (exact) mass is 429 g/mol. The second-order valence-electron chi connectivity index (χ2n) is 6.21. The fourth-order valence-corrected chi connectivity index (χ4v) is 3.51. The van der Waals surface area contributed by atoms with E-state index in [-0.39, 0.29) is 18.5 Å². The number of ether oxygens (including phenoxy) is 4. The number of benzene rings is 2. The highest BCUT2D eigenvalue weighted by atomic mass is 32.2. The first-order chi connectivity index (χ1) is 14.7. The molecule has 156 valence electrons. The summed E-state index contributed by atoms with van der Waals surface area (Å²) in [7, 11) is 3.10. The summed E-state index contributed by atoms with van der Waals surface area (Å²) in [5.74, 6) is 2.50. The van der Waals surface area contributed by atoms with E-state index in [9.17, 15) is 4.79 Å². The molecule has 1 aromatic heterocycles. The van der Waals surface area contributed by atoms with E-state index in [1.54, 1.807) is 30.0 Å². The van der Waals surface area contributed by atoms with Gasteiger partial charge in [-0.25, -0.2) is 4.68 Å². The number of amides is 1. The number of hydrogen-bond acceptors (Lipinski definition) is 9. The van der Waals surface area contributed by atoms with Gasteiger partial charge in [0.1, 0.15) is 11.5 Å². The molecule has 0 radical (unpaired) electrons. The molecule has 4 rings (SSSR count). The van der Waals surface area contributed by atoms with Gasteiger partial charge in [0.05, 0.1) is 32.2 Å². The van der Waals surface area contributed by atoms with Gasteiger partial charge in [0.2, 0.25) is 17.9 Å². The minimum absolute atomic E-state index is 0.136. The van der Waals surface area contributed by atoms with E-state index in [1.807, 2.05) is 18.2 Å². The van der Waals surface area contributed by atoms with Crippen LogP contribution in [0.5, 0.6) is 23.0 Å². The van der Waals surface area contributed by atoms with Crippen LogP contribution in [0.3, 0.4) is 0 Å². The molecule has 30 heavy (non-hydrogen) atoms. The SMILES string of the molecule is COc1ccc(NC(=O)CSc2nnnn2Cc2ccc3c(c2)OCO3)c(OC)c1. The summed E-state index contributed by atoms with van der Waals surface area (Å²) in [6.45, 7) is 0.665. The van der Waals surface area contributed by atoms with Gasteiger partial charge >= 0.3 is 0 Å². The molecule has 1 N–H and O–H groups in total. The Kier molecular flexibility index (Phi) is 5.89. The summed E-state index contributed by atoms with van der Waals surface area (Å²) in [4.78, 5) is 12.4. The number of nitrogens with one attached hydrogen (secondary N) is 1.